The number of carbonyl (C=O) groups is 1. The number of nitrogens with zero attached hydrogens (tertiary/aromatic N) is 4. The lowest BCUT2D eigenvalue weighted by Crippen LogP contribution is -2.52. The molecule has 2 rings (SSSR count). The quantitative estimate of drug-likeness (QED) is 0.875. The van der Waals surface area contributed by atoms with E-state index in [0.717, 1.165) is 5.69 Å². The molecule has 0 radical (unpaired) electrons. The lowest BCUT2D eigenvalue weighted by molar-refractivity contribution is -0.138. The zero-order valence-corrected chi connectivity index (χ0v) is 14.9. The van der Waals surface area contributed by atoms with Gasteiger partial charge >= 0.3 is 0 Å². The van der Waals surface area contributed by atoms with E-state index in [2.05, 4.69) is 50.2 Å². The van der Waals surface area contributed by atoms with Crippen LogP contribution in [0.2, 0.25) is 0 Å². The fourth-order valence-corrected chi connectivity index (χ4v) is 2.51. The van der Waals surface area contributed by atoms with Crippen LogP contribution in [-0.4, -0.2) is 58.1 Å². The molecule has 7 heteroatoms. The molecule has 1 fully saturated rings. The van der Waals surface area contributed by atoms with Crippen molar-refractivity contribution in [3.05, 3.63) is 11.9 Å². The summed E-state index contributed by atoms with van der Waals surface area (Å²) in [6.45, 7) is 13.5. The summed E-state index contributed by atoms with van der Waals surface area (Å²) >= 11 is 0. The van der Waals surface area contributed by atoms with Gasteiger partial charge in [0.25, 0.3) is 0 Å². The van der Waals surface area contributed by atoms with Gasteiger partial charge in [0.1, 0.15) is 0 Å². The first-order valence-electron chi connectivity index (χ1n) is 8.30. The van der Waals surface area contributed by atoms with Crippen LogP contribution in [0.3, 0.4) is 0 Å². The molecule has 0 spiro atoms. The second-order valence-electron chi connectivity index (χ2n) is 7.37. The molecule has 1 aliphatic heterocycles. The van der Waals surface area contributed by atoms with E-state index in [0.29, 0.717) is 32.8 Å². The molecule has 0 saturated carbocycles. The summed E-state index contributed by atoms with van der Waals surface area (Å²) in [4.78, 5) is 14.6. The Morgan fingerprint density at radius 3 is 2.52 bits per heavy atom. The van der Waals surface area contributed by atoms with Gasteiger partial charge in [-0.3, -0.25) is 10.1 Å². The molecule has 1 aromatic heterocycles. The van der Waals surface area contributed by atoms with Crippen LogP contribution in [0.1, 0.15) is 40.3 Å². The Kier molecular flexibility index (Phi) is 5.75. The average Bonchev–Trinajstić information content (AvgIpc) is 2.97. The molecule has 1 unspecified atom stereocenters. The normalized spacial score (nSPS) is 17.6. The SMILES string of the molecule is CC(C)C(NCc1cn(C(C)(C)C)nn1)C(=O)N1CCOCC1. The molecule has 0 aromatic carbocycles. The van der Waals surface area contributed by atoms with Gasteiger partial charge in [0.2, 0.25) is 5.91 Å². The highest BCUT2D eigenvalue weighted by atomic mass is 16.5. The lowest BCUT2D eigenvalue weighted by Gasteiger charge is -2.32. The number of hydrogen-bond acceptors (Lipinski definition) is 5. The highest BCUT2D eigenvalue weighted by molar-refractivity contribution is 5.82. The third-order valence-electron chi connectivity index (χ3n) is 3.99. The standard InChI is InChI=1S/C16H29N5O2/c1-12(2)14(15(22)20-6-8-23-9-7-20)17-10-13-11-21(19-18-13)16(3,4)5/h11-12,14,17H,6-10H2,1-5H3. The van der Waals surface area contributed by atoms with Crippen LogP contribution in [-0.2, 0) is 21.6 Å². The molecule has 1 amide bonds. The van der Waals surface area contributed by atoms with Gasteiger partial charge < -0.3 is 9.64 Å². The first kappa shape index (κ1) is 17.9. The largest absolute Gasteiger partial charge is 0.378 e. The lowest BCUT2D eigenvalue weighted by atomic mass is 10.0. The molecule has 1 aliphatic rings. The van der Waals surface area contributed by atoms with Crippen molar-refractivity contribution in [3.63, 3.8) is 0 Å². The topological polar surface area (TPSA) is 72.3 Å². The summed E-state index contributed by atoms with van der Waals surface area (Å²) < 4.78 is 7.16. The van der Waals surface area contributed by atoms with Gasteiger partial charge in [-0.2, -0.15) is 0 Å². The average molecular weight is 323 g/mol. The van der Waals surface area contributed by atoms with E-state index < -0.39 is 0 Å². The van der Waals surface area contributed by atoms with Gasteiger partial charge in [-0.15, -0.1) is 5.10 Å². The molecule has 2 heterocycles. The van der Waals surface area contributed by atoms with Crippen LogP contribution in [0, 0.1) is 5.92 Å². The van der Waals surface area contributed by atoms with Crippen LogP contribution in [0.5, 0.6) is 0 Å². The van der Waals surface area contributed by atoms with Gasteiger partial charge in [0, 0.05) is 19.6 Å². The van der Waals surface area contributed by atoms with Crippen molar-refractivity contribution in [2.45, 2.75) is 52.7 Å². The Labute approximate surface area is 138 Å². The Morgan fingerprint density at radius 2 is 2.00 bits per heavy atom. The molecule has 0 aliphatic carbocycles. The highest BCUT2D eigenvalue weighted by Crippen LogP contribution is 2.13. The van der Waals surface area contributed by atoms with Crippen molar-refractivity contribution in [1.82, 2.24) is 25.2 Å². The van der Waals surface area contributed by atoms with Gasteiger partial charge in [-0.05, 0) is 26.7 Å². The highest BCUT2D eigenvalue weighted by Gasteiger charge is 2.28. The number of amides is 1. The van der Waals surface area contributed by atoms with Crippen molar-refractivity contribution < 1.29 is 9.53 Å². The van der Waals surface area contributed by atoms with E-state index in [4.69, 9.17) is 4.74 Å². The Morgan fingerprint density at radius 1 is 1.35 bits per heavy atom. The number of rotatable bonds is 5. The van der Waals surface area contributed by atoms with Crippen LogP contribution < -0.4 is 5.32 Å². The molecule has 1 N–H and O–H groups in total. The van der Waals surface area contributed by atoms with E-state index >= 15 is 0 Å². The van der Waals surface area contributed by atoms with Crippen molar-refractivity contribution in [1.29, 1.82) is 0 Å². The van der Waals surface area contributed by atoms with Crippen LogP contribution in [0.15, 0.2) is 6.20 Å². The van der Waals surface area contributed by atoms with Crippen molar-refractivity contribution >= 4 is 5.91 Å². The van der Waals surface area contributed by atoms with Gasteiger partial charge in [-0.1, -0.05) is 19.1 Å². The summed E-state index contributed by atoms with van der Waals surface area (Å²) in [5.41, 5.74) is 0.757. The minimum atomic E-state index is -0.215. The number of nitrogens with one attached hydrogen (secondary N) is 1. The van der Waals surface area contributed by atoms with Crippen LogP contribution in [0.25, 0.3) is 0 Å². The zero-order chi connectivity index (χ0) is 17.0. The summed E-state index contributed by atoms with van der Waals surface area (Å²) in [6.07, 6.45) is 1.93. The second kappa shape index (κ2) is 7.40. The van der Waals surface area contributed by atoms with E-state index in [9.17, 15) is 4.79 Å². The first-order chi connectivity index (χ1) is 10.8. The molecule has 0 bridgehead atoms. The number of morpholine rings is 1. The fourth-order valence-electron chi connectivity index (χ4n) is 2.51. The molecule has 7 nitrogen and oxygen atoms in total. The predicted octanol–water partition coefficient (Wildman–Crippen LogP) is 1.01. The molecular weight excluding hydrogens is 294 g/mol. The minimum absolute atomic E-state index is 0.0910. The third kappa shape index (κ3) is 4.75. The fraction of sp³-hybridized carbons (Fsp3) is 0.812. The Hall–Kier alpha value is -1.47. The van der Waals surface area contributed by atoms with E-state index in [1.54, 1.807) is 0 Å². The monoisotopic (exact) mass is 323 g/mol. The number of aromatic nitrogens is 3. The first-order valence-corrected chi connectivity index (χ1v) is 8.30. The summed E-state index contributed by atoms with van der Waals surface area (Å²) in [7, 11) is 0. The maximum Gasteiger partial charge on any atom is 0.240 e. The van der Waals surface area contributed by atoms with Crippen molar-refractivity contribution in [3.8, 4) is 0 Å². The summed E-state index contributed by atoms with van der Waals surface area (Å²) in [5.74, 6) is 0.356. The Bertz CT molecular complexity index is 515. The maximum atomic E-state index is 12.7. The maximum absolute atomic E-state index is 12.7. The van der Waals surface area contributed by atoms with Gasteiger partial charge in [0.05, 0.1) is 36.7 Å². The number of ether oxygens (including phenoxy) is 1. The number of hydrogen-bond donors (Lipinski definition) is 1. The summed E-state index contributed by atoms with van der Waals surface area (Å²) in [6, 6.07) is -0.215. The second-order valence-corrected chi connectivity index (χ2v) is 7.37. The molecule has 1 atom stereocenters. The van der Waals surface area contributed by atoms with Crippen LogP contribution in [0.4, 0.5) is 0 Å². The smallest absolute Gasteiger partial charge is 0.240 e. The molecule has 23 heavy (non-hydrogen) atoms. The summed E-state index contributed by atoms with van der Waals surface area (Å²) in [5, 5.41) is 11.7. The van der Waals surface area contributed by atoms with Gasteiger partial charge in [-0.25, -0.2) is 4.68 Å². The molecular formula is C16H29N5O2. The minimum Gasteiger partial charge on any atom is -0.378 e. The predicted molar refractivity (Wildman–Crippen MR) is 87.9 cm³/mol. The van der Waals surface area contributed by atoms with Crippen molar-refractivity contribution in [2.75, 3.05) is 26.3 Å². The molecule has 130 valence electrons. The van der Waals surface area contributed by atoms with E-state index in [-0.39, 0.29) is 23.4 Å². The number of carbonyl (C=O) groups excluding carboxylic acids is 1. The molecule has 1 aromatic rings. The van der Waals surface area contributed by atoms with Crippen molar-refractivity contribution in [2.24, 2.45) is 5.92 Å². The van der Waals surface area contributed by atoms with Crippen LogP contribution >= 0.6 is 0 Å². The van der Waals surface area contributed by atoms with E-state index in [1.807, 2.05) is 15.8 Å². The zero-order valence-electron chi connectivity index (χ0n) is 14.9. The molecule has 1 saturated heterocycles. The Balaban J connectivity index is 1.97. The van der Waals surface area contributed by atoms with Gasteiger partial charge in [0.15, 0.2) is 0 Å². The van der Waals surface area contributed by atoms with E-state index in [1.165, 1.54) is 0 Å². The third-order valence-corrected chi connectivity index (χ3v) is 3.99.